The van der Waals surface area contributed by atoms with Crippen molar-refractivity contribution < 1.29 is 9.90 Å². The highest BCUT2D eigenvalue weighted by Crippen LogP contribution is 2.28. The summed E-state index contributed by atoms with van der Waals surface area (Å²) in [6.07, 6.45) is 31.0. The van der Waals surface area contributed by atoms with Crippen LogP contribution >= 0.6 is 0 Å². The van der Waals surface area contributed by atoms with Crippen LogP contribution in [0.4, 0.5) is 4.79 Å². The van der Waals surface area contributed by atoms with Crippen LogP contribution in [0.25, 0.3) is 0 Å². The Kier molecular flexibility index (Phi) is 26.0. The summed E-state index contributed by atoms with van der Waals surface area (Å²) in [4.78, 5) is 12.4. The average molecular weight is 567 g/mol. The fourth-order valence-corrected chi connectivity index (χ4v) is 5.49. The number of unbranched alkanes of at least 4 members (excludes halogenated alkanes) is 19. The fourth-order valence-electron chi connectivity index (χ4n) is 5.49. The van der Waals surface area contributed by atoms with Gasteiger partial charge in [-0.05, 0) is 31.1 Å². The second-order valence-corrected chi connectivity index (χ2v) is 13.0. The van der Waals surface area contributed by atoms with Gasteiger partial charge in [0.1, 0.15) is 0 Å². The smallest absolute Gasteiger partial charge is 0.348 e. The molecule has 0 radical (unpaired) electrons. The number of rotatable bonds is 29. The molecule has 0 heterocycles. The highest BCUT2D eigenvalue weighted by molar-refractivity contribution is 5.73. The van der Waals surface area contributed by atoms with Crippen LogP contribution in [0, 0.1) is 5.41 Å². The first-order valence-corrected chi connectivity index (χ1v) is 17.1. The van der Waals surface area contributed by atoms with Gasteiger partial charge in [0.15, 0.2) is 0 Å². The van der Waals surface area contributed by atoms with Gasteiger partial charge in [-0.2, -0.15) is 0 Å². The normalized spacial score (nSPS) is 12.4. The topological polar surface area (TPSA) is 95.8 Å². The molecule has 0 saturated heterocycles. The van der Waals surface area contributed by atoms with Crippen LogP contribution in [0.2, 0.25) is 0 Å². The van der Waals surface area contributed by atoms with Crippen LogP contribution in [0.5, 0.6) is 0 Å². The molecule has 0 aromatic heterocycles. The van der Waals surface area contributed by atoms with Gasteiger partial charge in [-0.1, -0.05) is 155 Å². The van der Waals surface area contributed by atoms with Gasteiger partial charge in [0.2, 0.25) is 0 Å². The first kappa shape index (κ1) is 38.9. The molecule has 6 nitrogen and oxygen atoms in total. The van der Waals surface area contributed by atoms with E-state index in [1.807, 2.05) is 6.08 Å². The van der Waals surface area contributed by atoms with E-state index in [4.69, 9.17) is 11.7 Å². The summed E-state index contributed by atoms with van der Waals surface area (Å²) in [6.45, 7) is 11.4. The molecule has 0 rings (SSSR count). The molecular formula is C34H70N4O2. The van der Waals surface area contributed by atoms with Gasteiger partial charge in [0.25, 0.3) is 0 Å². The lowest BCUT2D eigenvalue weighted by molar-refractivity contribution is 0.0958. The molecular weight excluding hydrogens is 496 g/mol. The highest BCUT2D eigenvalue weighted by Gasteiger charge is 2.18. The number of aliphatic hydroxyl groups excluding tert-OH is 1. The summed E-state index contributed by atoms with van der Waals surface area (Å²) in [7, 11) is 0. The Bertz CT molecular complexity index is 584. The van der Waals surface area contributed by atoms with E-state index in [0.717, 1.165) is 37.1 Å². The first-order valence-electron chi connectivity index (χ1n) is 17.1. The van der Waals surface area contributed by atoms with Crippen molar-refractivity contribution in [2.45, 2.75) is 181 Å². The Morgan fingerprint density at radius 2 is 1.15 bits per heavy atom. The molecule has 1 atom stereocenters. The van der Waals surface area contributed by atoms with E-state index in [1.54, 1.807) is 0 Å². The lowest BCUT2D eigenvalue weighted by atomic mass is 9.83. The molecule has 0 aromatic rings. The molecule has 5 N–H and O–H groups in total. The molecule has 0 fully saturated rings. The van der Waals surface area contributed by atoms with Crippen LogP contribution < -0.4 is 11.7 Å². The number of amides is 2. The maximum Gasteiger partial charge on any atom is 0.348 e. The second-order valence-electron chi connectivity index (χ2n) is 13.0. The number of hydrazine groups is 2. The minimum absolute atomic E-state index is 0.134. The van der Waals surface area contributed by atoms with E-state index in [0.29, 0.717) is 18.4 Å². The van der Waals surface area contributed by atoms with E-state index >= 15 is 0 Å². The van der Waals surface area contributed by atoms with Crippen molar-refractivity contribution in [3.63, 3.8) is 0 Å². The van der Waals surface area contributed by atoms with E-state index in [2.05, 4.69) is 27.4 Å². The highest BCUT2D eigenvalue weighted by atomic mass is 16.3. The van der Waals surface area contributed by atoms with Crippen molar-refractivity contribution in [1.29, 1.82) is 0 Å². The third-order valence-corrected chi connectivity index (χ3v) is 8.24. The van der Waals surface area contributed by atoms with Gasteiger partial charge in [0.05, 0.1) is 12.6 Å². The summed E-state index contributed by atoms with van der Waals surface area (Å²) >= 11 is 0. The van der Waals surface area contributed by atoms with Crippen molar-refractivity contribution in [1.82, 2.24) is 10.0 Å². The van der Waals surface area contributed by atoms with Crippen molar-refractivity contribution in [2.24, 2.45) is 17.1 Å². The number of allylic oxidation sites excluding steroid dienone is 1. The van der Waals surface area contributed by atoms with Gasteiger partial charge in [-0.3, -0.25) is 10.0 Å². The average Bonchev–Trinajstić information content (AvgIpc) is 2.91. The number of nitrogens with zero attached hydrogens (tertiary/aromatic N) is 2. The third kappa shape index (κ3) is 24.7. The Hall–Kier alpha value is -1.11. The van der Waals surface area contributed by atoms with Crippen LogP contribution in [-0.2, 0) is 0 Å². The zero-order chi connectivity index (χ0) is 29.9. The number of hydrogen-bond donors (Lipinski definition) is 3. The predicted octanol–water partition coefficient (Wildman–Crippen LogP) is 9.41. The number of hydrogen-bond acceptors (Lipinski definition) is 4. The van der Waals surface area contributed by atoms with Crippen molar-refractivity contribution in [2.75, 3.05) is 13.1 Å². The first-order chi connectivity index (χ1) is 19.2. The zero-order valence-electron chi connectivity index (χ0n) is 27.2. The summed E-state index contributed by atoms with van der Waals surface area (Å²) in [5.74, 6) is 11.9. The van der Waals surface area contributed by atoms with Crippen molar-refractivity contribution in [3.8, 4) is 0 Å². The molecule has 0 bridgehead atoms. The van der Waals surface area contributed by atoms with Gasteiger partial charge in [-0.15, -0.1) is 6.58 Å². The molecule has 2 amide bonds. The molecule has 0 aliphatic heterocycles. The Morgan fingerprint density at radius 1 is 0.725 bits per heavy atom. The van der Waals surface area contributed by atoms with Crippen molar-refractivity contribution >= 4 is 6.03 Å². The fraction of sp³-hybridized carbons (Fsp3) is 0.912. The Balaban J connectivity index is 3.63. The standard InChI is InChI=1S/C34H70N4O2/c1-5-7-8-9-10-11-12-13-14-15-18-21-24-27-32(39)31-38(36)33(40)37(35)30-26-23-20-17-16-19-22-25-29-34(3,4)28-6-2/h6,32,39H,2,5,7-31,35-36H2,1,3-4H3/t32-/m1/s1. The summed E-state index contributed by atoms with van der Waals surface area (Å²) < 4.78 is 0. The maximum absolute atomic E-state index is 12.4. The van der Waals surface area contributed by atoms with E-state index in [-0.39, 0.29) is 6.54 Å². The monoisotopic (exact) mass is 567 g/mol. The summed E-state index contributed by atoms with van der Waals surface area (Å²) in [5, 5.41) is 12.6. The molecule has 6 heteroatoms. The predicted molar refractivity (Wildman–Crippen MR) is 174 cm³/mol. The van der Waals surface area contributed by atoms with Crippen LogP contribution in [0.15, 0.2) is 12.7 Å². The Morgan fingerprint density at radius 3 is 1.62 bits per heavy atom. The quantitative estimate of drug-likeness (QED) is 0.0276. The summed E-state index contributed by atoms with van der Waals surface area (Å²) in [5.41, 5.74) is 0.385. The van der Waals surface area contributed by atoms with Crippen LogP contribution in [-0.4, -0.2) is 40.3 Å². The van der Waals surface area contributed by atoms with E-state index < -0.39 is 12.1 Å². The minimum Gasteiger partial charge on any atom is -0.391 e. The van der Waals surface area contributed by atoms with Crippen molar-refractivity contribution in [3.05, 3.63) is 12.7 Å². The molecule has 0 unspecified atom stereocenters. The van der Waals surface area contributed by atoms with Gasteiger partial charge in [-0.25, -0.2) is 16.5 Å². The second kappa shape index (κ2) is 26.8. The molecule has 0 aliphatic carbocycles. The lowest BCUT2D eigenvalue weighted by Crippen LogP contribution is -2.52. The summed E-state index contributed by atoms with van der Waals surface area (Å²) in [6, 6.07) is -0.413. The van der Waals surface area contributed by atoms with Gasteiger partial charge in [0, 0.05) is 6.54 Å². The molecule has 0 aliphatic rings. The van der Waals surface area contributed by atoms with Gasteiger partial charge >= 0.3 is 6.03 Å². The number of nitrogens with two attached hydrogens (primary N) is 2. The number of carbonyl (C=O) groups is 1. The molecule has 0 saturated carbocycles. The Labute approximate surface area is 249 Å². The largest absolute Gasteiger partial charge is 0.391 e. The lowest BCUT2D eigenvalue weighted by Gasteiger charge is -2.25. The zero-order valence-corrected chi connectivity index (χ0v) is 27.2. The number of aliphatic hydroxyl groups is 1. The molecule has 0 spiro atoms. The molecule has 238 valence electrons. The number of carbonyl (C=O) groups excluding carboxylic acids is 1. The maximum atomic E-state index is 12.4. The van der Waals surface area contributed by atoms with Crippen LogP contribution in [0.3, 0.4) is 0 Å². The van der Waals surface area contributed by atoms with E-state index in [1.165, 1.54) is 121 Å². The van der Waals surface area contributed by atoms with E-state index in [9.17, 15) is 9.90 Å². The van der Waals surface area contributed by atoms with Gasteiger partial charge < -0.3 is 5.11 Å². The molecule has 40 heavy (non-hydrogen) atoms. The number of urea groups is 1. The molecule has 0 aromatic carbocycles. The SMILES string of the molecule is C=CCC(C)(C)CCCCCCCCCCN(N)C(=O)N(N)C[C@H](O)CCCCCCCCCCCCCCC. The minimum atomic E-state index is -0.594. The van der Waals surface area contributed by atoms with Crippen LogP contribution in [0.1, 0.15) is 175 Å². The third-order valence-electron chi connectivity index (χ3n) is 8.24.